The molecule has 2 saturated carbocycles. The van der Waals surface area contributed by atoms with Crippen LogP contribution in [0.25, 0.3) is 16.3 Å². The van der Waals surface area contributed by atoms with Crippen molar-refractivity contribution in [3.8, 4) is 0 Å². The van der Waals surface area contributed by atoms with Gasteiger partial charge in [-0.15, -0.1) is 0 Å². The summed E-state index contributed by atoms with van der Waals surface area (Å²) < 4.78 is 0. The van der Waals surface area contributed by atoms with Crippen molar-refractivity contribution in [2.75, 3.05) is 31.1 Å². The van der Waals surface area contributed by atoms with Gasteiger partial charge in [-0.25, -0.2) is 0 Å². The molecule has 1 heterocycles. The molecule has 2 atom stereocenters. The second-order valence-electron chi connectivity index (χ2n) is 12.4. The Bertz CT molecular complexity index is 1400. The molecule has 1 aliphatic heterocycles. The third-order valence-corrected chi connectivity index (χ3v) is 9.97. The molecule has 5 heteroatoms. The van der Waals surface area contributed by atoms with Crippen molar-refractivity contribution in [2.45, 2.75) is 76.7 Å². The lowest BCUT2D eigenvalue weighted by Crippen LogP contribution is -2.56. The number of nitrogens with zero attached hydrogens (tertiary/aromatic N) is 2. The van der Waals surface area contributed by atoms with Gasteiger partial charge < -0.3 is 14.9 Å². The van der Waals surface area contributed by atoms with Crippen molar-refractivity contribution in [1.29, 1.82) is 0 Å². The van der Waals surface area contributed by atoms with Gasteiger partial charge in [0.25, 0.3) is 0 Å². The molecule has 1 saturated heterocycles. The first-order valence-corrected chi connectivity index (χ1v) is 15.2. The lowest BCUT2D eigenvalue weighted by molar-refractivity contribution is -0.135. The van der Waals surface area contributed by atoms with Crippen molar-refractivity contribution in [3.63, 3.8) is 0 Å². The molecule has 39 heavy (non-hydrogen) atoms. The minimum absolute atomic E-state index is 0.0522. The molecule has 0 aromatic heterocycles. The number of hydrogen-bond donors (Lipinski definition) is 1. The molecule has 2 aromatic rings. The van der Waals surface area contributed by atoms with Crippen LogP contribution in [0.2, 0.25) is 0 Å². The largest absolute Gasteiger partial charge is 0.396 e. The molecule has 5 nitrogen and oxygen atoms in total. The van der Waals surface area contributed by atoms with Crippen LogP contribution in [0.5, 0.6) is 0 Å². The zero-order valence-corrected chi connectivity index (χ0v) is 23.1. The van der Waals surface area contributed by atoms with Crippen LogP contribution >= 0.6 is 0 Å². The number of aliphatic hydroxyl groups excluding tert-OH is 1. The highest BCUT2D eigenvalue weighted by atomic mass is 16.3. The molecule has 1 N–H and O–H groups in total. The fraction of sp³-hybridized carbons (Fsp3) is 0.529. The van der Waals surface area contributed by atoms with E-state index in [1.165, 1.54) is 70.0 Å². The van der Waals surface area contributed by atoms with E-state index in [4.69, 9.17) is 0 Å². The zero-order chi connectivity index (χ0) is 26.7. The second kappa shape index (κ2) is 9.92. The lowest BCUT2D eigenvalue weighted by Gasteiger charge is -2.43. The van der Waals surface area contributed by atoms with Crippen molar-refractivity contribution in [2.24, 2.45) is 11.8 Å². The van der Waals surface area contributed by atoms with Gasteiger partial charge in [0.15, 0.2) is 0 Å². The number of carbonyl (C=O) groups is 2. The number of aryl methyl sites for hydroxylation is 1. The van der Waals surface area contributed by atoms with Crippen molar-refractivity contribution >= 4 is 33.7 Å². The molecule has 2 aromatic carbocycles. The maximum absolute atomic E-state index is 12.8. The Hall–Kier alpha value is -2.92. The highest BCUT2D eigenvalue weighted by Gasteiger charge is 2.41. The van der Waals surface area contributed by atoms with E-state index >= 15 is 0 Å². The maximum atomic E-state index is 12.8. The monoisotopic (exact) mass is 524 g/mol. The van der Waals surface area contributed by atoms with Crippen LogP contribution in [-0.2, 0) is 16.0 Å². The summed E-state index contributed by atoms with van der Waals surface area (Å²) in [6.45, 7) is 4.37. The van der Waals surface area contributed by atoms with E-state index in [1.54, 1.807) is 0 Å². The van der Waals surface area contributed by atoms with Crippen LogP contribution in [0.3, 0.4) is 0 Å². The zero-order valence-electron chi connectivity index (χ0n) is 23.1. The minimum atomic E-state index is -0.0718. The van der Waals surface area contributed by atoms with Crippen LogP contribution in [0.15, 0.2) is 42.0 Å². The summed E-state index contributed by atoms with van der Waals surface area (Å²) in [5.41, 5.74) is 8.20. The topological polar surface area (TPSA) is 60.9 Å². The molecule has 3 fully saturated rings. The number of allylic oxidation sites excluding steroid dienone is 4. The smallest absolute Gasteiger partial charge is 0.225 e. The molecule has 1 unspecified atom stereocenters. The molecule has 7 rings (SSSR count). The van der Waals surface area contributed by atoms with E-state index in [-0.39, 0.29) is 30.9 Å². The van der Waals surface area contributed by atoms with Crippen molar-refractivity contribution < 1.29 is 14.7 Å². The minimum Gasteiger partial charge on any atom is -0.396 e. The first kappa shape index (κ1) is 25.1. The Morgan fingerprint density at radius 1 is 1.03 bits per heavy atom. The molecule has 0 bridgehead atoms. The average molecular weight is 525 g/mol. The Morgan fingerprint density at radius 3 is 2.62 bits per heavy atom. The highest BCUT2D eigenvalue weighted by Crippen LogP contribution is 2.49. The van der Waals surface area contributed by atoms with Crippen LogP contribution in [0.4, 0.5) is 5.69 Å². The normalized spacial score (nSPS) is 24.7. The highest BCUT2D eigenvalue weighted by molar-refractivity contribution is 5.99. The Morgan fingerprint density at radius 2 is 1.87 bits per heavy atom. The van der Waals surface area contributed by atoms with Gasteiger partial charge in [0.1, 0.15) is 5.78 Å². The second-order valence-corrected chi connectivity index (χ2v) is 12.4. The van der Waals surface area contributed by atoms with Crippen LogP contribution in [-0.4, -0.2) is 54.0 Å². The number of carbonyl (C=O) groups excluding carboxylic acids is 2. The predicted molar refractivity (Wildman–Crippen MR) is 156 cm³/mol. The van der Waals surface area contributed by atoms with Crippen LogP contribution in [0.1, 0.15) is 80.9 Å². The van der Waals surface area contributed by atoms with Crippen LogP contribution < -0.4 is 4.90 Å². The third kappa shape index (κ3) is 4.43. The summed E-state index contributed by atoms with van der Waals surface area (Å²) >= 11 is 0. The standard InChI is InChI=1S/C34H40N2O3/c1-2-33(38)29-5-3-4-24-25-10-13-28-30(21-6-7-21)18-23(19-31(28)27(25)12-11-26(24)29)35-15-16-36(34(39)14-17-37)32(20-35)22-8-9-22/h3-4,10,13,18-19,21-22,29,32,37H,2,5-9,11-12,14-17,20H2,1H3/t29-,32?/m1/s1. The molecular formula is C34H40N2O3. The molecule has 0 spiro atoms. The van der Waals surface area contributed by atoms with Gasteiger partial charge in [-0.2, -0.15) is 0 Å². The Balaban J connectivity index is 1.28. The van der Waals surface area contributed by atoms with E-state index in [2.05, 4.69) is 46.2 Å². The summed E-state index contributed by atoms with van der Waals surface area (Å²) in [4.78, 5) is 30.1. The van der Waals surface area contributed by atoms with Gasteiger partial charge in [-0.3, -0.25) is 9.59 Å². The number of rotatable bonds is 7. The van der Waals surface area contributed by atoms with Gasteiger partial charge in [0, 0.05) is 44.1 Å². The summed E-state index contributed by atoms with van der Waals surface area (Å²) in [6.07, 6.45) is 13.1. The molecule has 5 aliphatic rings. The van der Waals surface area contributed by atoms with Gasteiger partial charge >= 0.3 is 0 Å². The fourth-order valence-electron chi connectivity index (χ4n) is 7.58. The maximum Gasteiger partial charge on any atom is 0.225 e. The van der Waals surface area contributed by atoms with Gasteiger partial charge in [-0.05, 0) is 102 Å². The fourth-order valence-corrected chi connectivity index (χ4v) is 7.58. The lowest BCUT2D eigenvalue weighted by atomic mass is 9.73. The Kier molecular flexibility index (Phi) is 6.38. The molecular weight excluding hydrogens is 484 g/mol. The number of hydrogen-bond acceptors (Lipinski definition) is 4. The molecule has 1 amide bonds. The molecule has 4 aliphatic carbocycles. The van der Waals surface area contributed by atoms with E-state index in [9.17, 15) is 14.7 Å². The van der Waals surface area contributed by atoms with Gasteiger partial charge in [0.2, 0.25) is 5.91 Å². The average Bonchev–Trinajstić information content (AvgIpc) is 3.89. The van der Waals surface area contributed by atoms with Crippen molar-refractivity contribution in [3.05, 3.63) is 58.7 Å². The number of anilines is 1. The van der Waals surface area contributed by atoms with E-state index in [1.807, 2.05) is 6.92 Å². The molecule has 0 radical (unpaired) electrons. The summed E-state index contributed by atoms with van der Waals surface area (Å²) in [5, 5.41) is 12.2. The number of fused-ring (bicyclic) bond motifs is 4. The SMILES string of the molecule is CCC(=O)[C@@H]1CC=CC2=C1CCc1c2ccc2c(C3CC3)cc(N3CCN(C(=O)CCO)C(C4CC4)C3)cc12. The number of piperazine rings is 1. The van der Waals surface area contributed by atoms with E-state index in [0.717, 1.165) is 38.9 Å². The number of benzene rings is 2. The summed E-state index contributed by atoms with van der Waals surface area (Å²) in [6, 6.07) is 9.80. The van der Waals surface area contributed by atoms with E-state index in [0.29, 0.717) is 24.0 Å². The number of ketones is 1. The summed E-state index contributed by atoms with van der Waals surface area (Å²) in [5.74, 6) is 1.77. The first-order valence-electron chi connectivity index (χ1n) is 15.2. The summed E-state index contributed by atoms with van der Waals surface area (Å²) in [7, 11) is 0. The number of Topliss-reactive ketones (excluding diaryl/α,β-unsaturated/α-hetero) is 1. The first-order chi connectivity index (χ1) is 19.1. The van der Waals surface area contributed by atoms with Gasteiger partial charge in [-0.1, -0.05) is 36.8 Å². The predicted octanol–water partition coefficient (Wildman–Crippen LogP) is 5.78. The van der Waals surface area contributed by atoms with Crippen LogP contribution in [0, 0.1) is 11.8 Å². The van der Waals surface area contributed by atoms with Crippen molar-refractivity contribution in [1.82, 2.24) is 4.90 Å². The molecule has 204 valence electrons. The third-order valence-electron chi connectivity index (χ3n) is 9.97. The number of amides is 1. The number of aliphatic hydroxyl groups is 1. The Labute approximate surface area is 231 Å². The van der Waals surface area contributed by atoms with E-state index < -0.39 is 0 Å². The quantitative estimate of drug-likeness (QED) is 0.499. The van der Waals surface area contributed by atoms with Gasteiger partial charge in [0.05, 0.1) is 12.6 Å².